The van der Waals surface area contributed by atoms with Crippen molar-refractivity contribution in [2.24, 2.45) is 0 Å². The molecule has 1 atom stereocenters. The number of thioether (sulfide) groups is 1. The molecule has 1 amide bonds. The molecule has 0 radical (unpaired) electrons. The van der Waals surface area contributed by atoms with Crippen LogP contribution in [-0.2, 0) is 9.59 Å². The van der Waals surface area contributed by atoms with Crippen molar-refractivity contribution < 1.29 is 14.7 Å². The molecular weight excluding hydrogens is 236 g/mol. The fourth-order valence-corrected chi connectivity index (χ4v) is 2.53. The number of thiazole rings is 1. The highest BCUT2D eigenvalue weighted by atomic mass is 32.2. The van der Waals surface area contributed by atoms with Crippen molar-refractivity contribution >= 4 is 35.0 Å². The maximum atomic E-state index is 10.7. The largest absolute Gasteiger partial charge is 0.480 e. The van der Waals surface area contributed by atoms with Crippen LogP contribution >= 0.6 is 23.1 Å². The Labute approximate surface area is 94.9 Å². The van der Waals surface area contributed by atoms with Crippen molar-refractivity contribution in [3.63, 3.8) is 0 Å². The number of rotatable bonds is 5. The van der Waals surface area contributed by atoms with Gasteiger partial charge in [0, 0.05) is 24.3 Å². The van der Waals surface area contributed by atoms with Gasteiger partial charge in [0.05, 0.1) is 0 Å². The first-order valence-electron chi connectivity index (χ1n) is 4.12. The Morgan fingerprint density at radius 3 is 2.93 bits per heavy atom. The summed E-state index contributed by atoms with van der Waals surface area (Å²) in [5, 5.41) is 13.0. The van der Waals surface area contributed by atoms with Gasteiger partial charge in [-0.3, -0.25) is 4.79 Å². The molecule has 0 spiro atoms. The number of aromatic nitrogens is 1. The summed E-state index contributed by atoms with van der Waals surface area (Å²) >= 11 is 2.76. The monoisotopic (exact) mass is 246 g/mol. The highest BCUT2D eigenvalue weighted by Gasteiger charge is 2.18. The van der Waals surface area contributed by atoms with Gasteiger partial charge in [-0.2, -0.15) is 0 Å². The van der Waals surface area contributed by atoms with E-state index in [0.29, 0.717) is 0 Å². The third-order valence-electron chi connectivity index (χ3n) is 1.46. The zero-order chi connectivity index (χ0) is 11.3. The smallest absolute Gasteiger partial charge is 0.327 e. The number of carboxylic acids is 1. The summed E-state index contributed by atoms with van der Waals surface area (Å²) in [5.74, 6) is -1.10. The predicted octanol–water partition coefficient (Wildman–Crippen LogP) is 0.825. The fourth-order valence-electron chi connectivity index (χ4n) is 0.856. The Kier molecular flexibility index (Phi) is 4.57. The van der Waals surface area contributed by atoms with Gasteiger partial charge in [-0.25, -0.2) is 9.78 Å². The van der Waals surface area contributed by atoms with Gasteiger partial charge >= 0.3 is 5.97 Å². The van der Waals surface area contributed by atoms with Gasteiger partial charge in [0.2, 0.25) is 5.91 Å². The van der Waals surface area contributed by atoms with Crippen LogP contribution in [0.1, 0.15) is 6.92 Å². The van der Waals surface area contributed by atoms with E-state index in [-0.39, 0.29) is 11.7 Å². The molecule has 0 aliphatic rings. The van der Waals surface area contributed by atoms with E-state index < -0.39 is 12.0 Å². The van der Waals surface area contributed by atoms with Crippen LogP contribution < -0.4 is 5.32 Å². The average molecular weight is 246 g/mol. The zero-order valence-corrected chi connectivity index (χ0v) is 9.60. The van der Waals surface area contributed by atoms with Crippen LogP contribution in [0.25, 0.3) is 0 Å². The molecule has 0 saturated heterocycles. The minimum absolute atomic E-state index is 0.280. The average Bonchev–Trinajstić information content (AvgIpc) is 2.63. The molecule has 1 aromatic heterocycles. The Morgan fingerprint density at radius 2 is 2.47 bits per heavy atom. The molecule has 0 saturated carbocycles. The maximum absolute atomic E-state index is 10.7. The van der Waals surface area contributed by atoms with Gasteiger partial charge in [0.15, 0.2) is 0 Å². The molecule has 1 heterocycles. The quantitative estimate of drug-likeness (QED) is 0.752. The number of hydrogen-bond donors (Lipinski definition) is 2. The highest BCUT2D eigenvalue weighted by molar-refractivity contribution is 8.01. The van der Waals surface area contributed by atoms with Crippen LogP contribution in [0.4, 0.5) is 0 Å². The first kappa shape index (κ1) is 12.0. The fraction of sp³-hybridized carbons (Fsp3) is 0.375. The van der Waals surface area contributed by atoms with Gasteiger partial charge < -0.3 is 10.4 Å². The van der Waals surface area contributed by atoms with E-state index >= 15 is 0 Å². The normalized spacial score (nSPS) is 12.1. The summed E-state index contributed by atoms with van der Waals surface area (Å²) in [4.78, 5) is 25.5. The van der Waals surface area contributed by atoms with E-state index in [2.05, 4.69) is 10.3 Å². The SMILES string of the molecule is CC(=O)N[C@@H](CSc1nccs1)C(=O)O. The summed E-state index contributed by atoms with van der Waals surface area (Å²) in [6.07, 6.45) is 1.65. The van der Waals surface area contributed by atoms with Crippen LogP contribution in [0.15, 0.2) is 15.9 Å². The van der Waals surface area contributed by atoms with Crippen LogP contribution in [0.2, 0.25) is 0 Å². The van der Waals surface area contributed by atoms with Crippen LogP contribution in [0, 0.1) is 0 Å². The number of carbonyl (C=O) groups is 2. The summed E-state index contributed by atoms with van der Waals surface area (Å²) in [6, 6.07) is -0.864. The lowest BCUT2D eigenvalue weighted by Gasteiger charge is -2.11. The Bertz CT molecular complexity index is 340. The van der Waals surface area contributed by atoms with Crippen molar-refractivity contribution in [1.82, 2.24) is 10.3 Å². The first-order chi connectivity index (χ1) is 7.09. The molecule has 0 aliphatic heterocycles. The number of nitrogens with one attached hydrogen (secondary N) is 1. The van der Waals surface area contributed by atoms with E-state index in [0.717, 1.165) is 4.34 Å². The van der Waals surface area contributed by atoms with Crippen molar-refractivity contribution in [2.75, 3.05) is 5.75 Å². The van der Waals surface area contributed by atoms with Crippen molar-refractivity contribution in [3.05, 3.63) is 11.6 Å². The van der Waals surface area contributed by atoms with Gasteiger partial charge in [0.1, 0.15) is 10.4 Å². The highest BCUT2D eigenvalue weighted by Crippen LogP contribution is 2.20. The Hall–Kier alpha value is -1.08. The molecule has 7 heteroatoms. The number of carbonyl (C=O) groups excluding carboxylic acids is 1. The topological polar surface area (TPSA) is 79.3 Å². The molecule has 0 unspecified atom stereocenters. The summed E-state index contributed by atoms with van der Waals surface area (Å²) in [5.41, 5.74) is 0. The van der Waals surface area contributed by atoms with Crippen molar-refractivity contribution in [2.45, 2.75) is 17.3 Å². The molecule has 0 aromatic carbocycles. The molecule has 2 N–H and O–H groups in total. The predicted molar refractivity (Wildman–Crippen MR) is 58.1 cm³/mol. The van der Waals surface area contributed by atoms with Crippen molar-refractivity contribution in [3.8, 4) is 0 Å². The van der Waals surface area contributed by atoms with Gasteiger partial charge in [-0.15, -0.1) is 11.3 Å². The number of aliphatic carboxylic acids is 1. The molecule has 15 heavy (non-hydrogen) atoms. The lowest BCUT2D eigenvalue weighted by atomic mass is 10.3. The number of amides is 1. The Balaban J connectivity index is 2.45. The minimum atomic E-state index is -1.03. The minimum Gasteiger partial charge on any atom is -0.480 e. The lowest BCUT2D eigenvalue weighted by Crippen LogP contribution is -2.41. The van der Waals surface area contributed by atoms with Crippen LogP contribution in [0.3, 0.4) is 0 Å². The Morgan fingerprint density at radius 1 is 1.73 bits per heavy atom. The van der Waals surface area contributed by atoms with Gasteiger partial charge in [0.25, 0.3) is 0 Å². The summed E-state index contributed by atoms with van der Waals surface area (Å²) < 4.78 is 0.798. The second-order valence-electron chi connectivity index (χ2n) is 2.70. The molecule has 5 nitrogen and oxygen atoms in total. The van der Waals surface area contributed by atoms with Crippen LogP contribution in [0.5, 0.6) is 0 Å². The number of carboxylic acid groups (broad SMARTS) is 1. The molecule has 0 bridgehead atoms. The molecule has 82 valence electrons. The van der Waals surface area contributed by atoms with E-state index in [1.54, 1.807) is 6.20 Å². The van der Waals surface area contributed by atoms with Gasteiger partial charge in [-0.05, 0) is 0 Å². The summed E-state index contributed by atoms with van der Waals surface area (Å²) in [6.45, 7) is 1.30. The van der Waals surface area contributed by atoms with E-state index in [9.17, 15) is 9.59 Å². The second-order valence-corrected chi connectivity index (χ2v) is 4.86. The van der Waals surface area contributed by atoms with Gasteiger partial charge in [-0.1, -0.05) is 11.8 Å². The van der Waals surface area contributed by atoms with Crippen molar-refractivity contribution in [1.29, 1.82) is 0 Å². The zero-order valence-electron chi connectivity index (χ0n) is 7.97. The molecule has 1 rings (SSSR count). The molecule has 0 fully saturated rings. The molecule has 1 aromatic rings. The summed E-state index contributed by atoms with van der Waals surface area (Å²) in [7, 11) is 0. The molecular formula is C8H10N2O3S2. The second kappa shape index (κ2) is 5.72. The maximum Gasteiger partial charge on any atom is 0.327 e. The third-order valence-corrected chi connectivity index (χ3v) is 3.52. The lowest BCUT2D eigenvalue weighted by molar-refractivity contribution is -0.140. The van der Waals surface area contributed by atoms with E-state index in [1.165, 1.54) is 30.0 Å². The van der Waals surface area contributed by atoms with Crippen LogP contribution in [-0.4, -0.2) is 33.8 Å². The van der Waals surface area contributed by atoms with E-state index in [4.69, 9.17) is 5.11 Å². The van der Waals surface area contributed by atoms with E-state index in [1.807, 2.05) is 5.38 Å². The molecule has 0 aliphatic carbocycles. The number of hydrogen-bond acceptors (Lipinski definition) is 5. The standard InChI is InChI=1S/C8H10N2O3S2/c1-5(11)10-6(7(12)13)4-15-8-9-2-3-14-8/h2-3,6H,4H2,1H3,(H,10,11)(H,12,13)/t6-/m0/s1. The first-order valence-corrected chi connectivity index (χ1v) is 5.98. The third kappa shape index (κ3) is 4.30. The number of nitrogens with zero attached hydrogens (tertiary/aromatic N) is 1.